The molecule has 0 aromatic heterocycles. The lowest BCUT2D eigenvalue weighted by molar-refractivity contribution is -0.0393. The molecule has 1 saturated heterocycles. The summed E-state index contributed by atoms with van der Waals surface area (Å²) < 4.78 is 15.8. The van der Waals surface area contributed by atoms with Crippen LogP contribution in [0.4, 0.5) is 0 Å². The largest absolute Gasteiger partial charge is 0.465 e. The molecule has 0 radical (unpaired) electrons. The zero-order valence-electron chi connectivity index (χ0n) is 10.6. The van der Waals surface area contributed by atoms with Crippen molar-refractivity contribution in [3.8, 4) is 0 Å². The van der Waals surface area contributed by atoms with Crippen LogP contribution in [-0.4, -0.2) is 32.4 Å². The van der Waals surface area contributed by atoms with Crippen LogP contribution in [0.25, 0.3) is 0 Å². The van der Waals surface area contributed by atoms with Gasteiger partial charge in [-0.05, 0) is 24.5 Å². The molecule has 0 saturated carbocycles. The maximum atomic E-state index is 11.6. The summed E-state index contributed by atoms with van der Waals surface area (Å²) in [5.74, 6) is -0.318. The Balaban J connectivity index is 1.97. The first-order valence-corrected chi connectivity index (χ1v) is 6.17. The van der Waals surface area contributed by atoms with Crippen molar-refractivity contribution < 1.29 is 19.0 Å². The minimum atomic E-state index is -0.318. The number of methoxy groups -OCH3 is 1. The number of hydrogen-bond donors (Lipinski definition) is 0. The number of carbonyl (C=O) groups excluding carboxylic acids is 1. The predicted molar refractivity (Wildman–Crippen MR) is 66.4 cm³/mol. The number of ether oxygens (including phenoxy) is 3. The Labute approximate surface area is 107 Å². The molecule has 98 valence electrons. The second-order valence-electron chi connectivity index (χ2n) is 4.27. The first kappa shape index (κ1) is 13.1. The van der Waals surface area contributed by atoms with Crippen LogP contribution in [0.3, 0.4) is 0 Å². The average molecular weight is 250 g/mol. The zero-order valence-corrected chi connectivity index (χ0v) is 10.6. The fourth-order valence-corrected chi connectivity index (χ4v) is 2.01. The van der Waals surface area contributed by atoms with Gasteiger partial charge < -0.3 is 14.2 Å². The molecule has 1 aliphatic heterocycles. The Hall–Kier alpha value is -1.39. The van der Waals surface area contributed by atoms with Crippen LogP contribution in [0.5, 0.6) is 0 Å². The van der Waals surface area contributed by atoms with E-state index >= 15 is 0 Å². The van der Waals surface area contributed by atoms with E-state index in [1.807, 2.05) is 18.2 Å². The van der Waals surface area contributed by atoms with Crippen LogP contribution in [0.2, 0.25) is 0 Å². The summed E-state index contributed by atoms with van der Waals surface area (Å²) in [5.41, 5.74) is 1.45. The van der Waals surface area contributed by atoms with Gasteiger partial charge in [0.1, 0.15) is 0 Å². The van der Waals surface area contributed by atoms with E-state index in [-0.39, 0.29) is 12.1 Å². The van der Waals surface area contributed by atoms with Gasteiger partial charge >= 0.3 is 5.97 Å². The lowest BCUT2D eigenvalue weighted by atomic mass is 10.1. The van der Waals surface area contributed by atoms with Crippen molar-refractivity contribution in [1.82, 2.24) is 0 Å². The van der Waals surface area contributed by atoms with Gasteiger partial charge in [-0.25, -0.2) is 4.79 Å². The normalized spacial score (nSPS) is 16.5. The van der Waals surface area contributed by atoms with Crippen LogP contribution in [0.15, 0.2) is 24.3 Å². The maximum absolute atomic E-state index is 11.6. The van der Waals surface area contributed by atoms with Gasteiger partial charge in [0.15, 0.2) is 0 Å². The van der Waals surface area contributed by atoms with E-state index in [1.165, 1.54) is 7.11 Å². The van der Waals surface area contributed by atoms with Crippen LogP contribution in [0.1, 0.15) is 28.8 Å². The monoisotopic (exact) mass is 250 g/mol. The molecule has 2 rings (SSSR count). The molecule has 4 nitrogen and oxygen atoms in total. The van der Waals surface area contributed by atoms with Crippen molar-refractivity contribution in [2.75, 3.05) is 20.3 Å². The molecule has 0 atom stereocenters. The van der Waals surface area contributed by atoms with Crippen LogP contribution in [-0.2, 0) is 20.8 Å². The summed E-state index contributed by atoms with van der Waals surface area (Å²) in [4.78, 5) is 11.6. The maximum Gasteiger partial charge on any atom is 0.338 e. The summed E-state index contributed by atoms with van der Waals surface area (Å²) in [6.45, 7) is 1.95. The summed E-state index contributed by atoms with van der Waals surface area (Å²) in [6, 6.07) is 7.37. The van der Waals surface area contributed by atoms with Gasteiger partial charge in [0.2, 0.25) is 0 Å². The molecular formula is C14H18O4. The van der Waals surface area contributed by atoms with Gasteiger partial charge in [-0.1, -0.05) is 18.2 Å². The first-order chi connectivity index (χ1) is 8.81. The van der Waals surface area contributed by atoms with Crippen LogP contribution in [0, 0.1) is 0 Å². The molecule has 18 heavy (non-hydrogen) atoms. The first-order valence-electron chi connectivity index (χ1n) is 6.17. The Kier molecular flexibility index (Phi) is 4.73. The number of benzene rings is 1. The second-order valence-corrected chi connectivity index (χ2v) is 4.27. The minimum Gasteiger partial charge on any atom is -0.465 e. The molecule has 0 aliphatic carbocycles. The van der Waals surface area contributed by atoms with E-state index in [0.29, 0.717) is 12.2 Å². The van der Waals surface area contributed by atoms with Crippen molar-refractivity contribution in [2.24, 2.45) is 0 Å². The number of esters is 1. The second kappa shape index (κ2) is 6.52. The minimum absolute atomic E-state index is 0.226. The number of hydrogen-bond acceptors (Lipinski definition) is 4. The molecule has 1 aliphatic rings. The van der Waals surface area contributed by atoms with Crippen molar-refractivity contribution in [1.29, 1.82) is 0 Å². The van der Waals surface area contributed by atoms with Gasteiger partial charge in [-0.3, -0.25) is 0 Å². The standard InChI is InChI=1S/C14H18O4/c1-16-14(15)13-5-3-2-4-11(13)10-18-12-6-8-17-9-7-12/h2-5,12H,6-10H2,1H3. The molecule has 1 aromatic carbocycles. The van der Waals surface area contributed by atoms with E-state index in [4.69, 9.17) is 14.2 Å². The quantitative estimate of drug-likeness (QED) is 0.768. The lowest BCUT2D eigenvalue weighted by Gasteiger charge is -2.22. The molecule has 0 bridgehead atoms. The fourth-order valence-electron chi connectivity index (χ4n) is 2.01. The van der Waals surface area contributed by atoms with E-state index in [9.17, 15) is 4.79 Å². The number of carbonyl (C=O) groups is 1. The smallest absolute Gasteiger partial charge is 0.338 e. The van der Waals surface area contributed by atoms with Crippen LogP contribution < -0.4 is 0 Å². The third-order valence-electron chi connectivity index (χ3n) is 3.07. The third-order valence-corrected chi connectivity index (χ3v) is 3.07. The highest BCUT2D eigenvalue weighted by Gasteiger charge is 2.16. The van der Waals surface area contributed by atoms with Crippen molar-refractivity contribution in [2.45, 2.75) is 25.6 Å². The van der Waals surface area contributed by atoms with Gasteiger partial charge in [0.25, 0.3) is 0 Å². The van der Waals surface area contributed by atoms with Gasteiger partial charge in [-0.15, -0.1) is 0 Å². The fraction of sp³-hybridized carbons (Fsp3) is 0.500. The Morgan fingerprint density at radius 3 is 2.78 bits per heavy atom. The van der Waals surface area contributed by atoms with Gasteiger partial charge in [0.05, 0.1) is 25.4 Å². The van der Waals surface area contributed by atoms with E-state index in [1.54, 1.807) is 6.07 Å². The summed E-state index contributed by atoms with van der Waals surface area (Å²) >= 11 is 0. The van der Waals surface area contributed by atoms with Crippen LogP contribution >= 0.6 is 0 Å². The molecule has 1 fully saturated rings. The van der Waals surface area contributed by atoms with Gasteiger partial charge in [-0.2, -0.15) is 0 Å². The van der Waals surface area contributed by atoms with Gasteiger partial charge in [0, 0.05) is 13.2 Å². The summed E-state index contributed by atoms with van der Waals surface area (Å²) in [5, 5.41) is 0. The van der Waals surface area contributed by atoms with E-state index < -0.39 is 0 Å². The highest BCUT2D eigenvalue weighted by Crippen LogP contribution is 2.16. The predicted octanol–water partition coefficient (Wildman–Crippen LogP) is 2.17. The highest BCUT2D eigenvalue weighted by molar-refractivity contribution is 5.90. The SMILES string of the molecule is COC(=O)c1ccccc1COC1CCOCC1. The molecule has 0 unspecified atom stereocenters. The van der Waals surface area contributed by atoms with E-state index in [0.717, 1.165) is 31.6 Å². The molecule has 0 spiro atoms. The summed E-state index contributed by atoms with van der Waals surface area (Å²) in [6.07, 6.45) is 2.06. The van der Waals surface area contributed by atoms with Crippen molar-refractivity contribution in [3.63, 3.8) is 0 Å². The highest BCUT2D eigenvalue weighted by atomic mass is 16.5. The molecular weight excluding hydrogens is 232 g/mol. The molecule has 1 aromatic rings. The lowest BCUT2D eigenvalue weighted by Crippen LogP contribution is -2.23. The Morgan fingerprint density at radius 2 is 2.06 bits per heavy atom. The Bertz CT molecular complexity index is 397. The molecule has 1 heterocycles. The summed E-state index contributed by atoms with van der Waals surface area (Å²) in [7, 11) is 1.39. The zero-order chi connectivity index (χ0) is 12.8. The molecule has 0 amide bonds. The van der Waals surface area contributed by atoms with Crippen molar-refractivity contribution in [3.05, 3.63) is 35.4 Å². The van der Waals surface area contributed by atoms with E-state index in [2.05, 4.69) is 0 Å². The number of rotatable bonds is 4. The Morgan fingerprint density at radius 1 is 1.33 bits per heavy atom. The average Bonchev–Trinajstić information content (AvgIpc) is 2.45. The third kappa shape index (κ3) is 3.31. The molecule has 0 N–H and O–H groups in total. The topological polar surface area (TPSA) is 44.8 Å². The molecule has 4 heteroatoms. The van der Waals surface area contributed by atoms with Crippen molar-refractivity contribution >= 4 is 5.97 Å².